The van der Waals surface area contributed by atoms with E-state index >= 15 is 0 Å². The molecule has 84 valence electrons. The molecule has 0 aliphatic rings. The van der Waals surface area contributed by atoms with Crippen molar-refractivity contribution >= 4 is 11.5 Å². The zero-order chi connectivity index (χ0) is 11.4. The molecule has 16 heavy (non-hydrogen) atoms. The molecule has 0 atom stereocenters. The Morgan fingerprint density at radius 2 is 2.06 bits per heavy atom. The van der Waals surface area contributed by atoms with Crippen molar-refractivity contribution in [3.05, 3.63) is 42.1 Å². The summed E-state index contributed by atoms with van der Waals surface area (Å²) >= 11 is 0. The van der Waals surface area contributed by atoms with Gasteiger partial charge in [0.2, 0.25) is 0 Å². The van der Waals surface area contributed by atoms with Crippen LogP contribution in [0.5, 0.6) is 0 Å². The van der Waals surface area contributed by atoms with Crippen molar-refractivity contribution in [1.29, 1.82) is 0 Å². The lowest BCUT2D eigenvalue weighted by atomic mass is 10.2. The van der Waals surface area contributed by atoms with Crippen LogP contribution in [0.1, 0.15) is 12.5 Å². The first-order valence-electron chi connectivity index (χ1n) is 5.40. The van der Waals surface area contributed by atoms with E-state index in [0.29, 0.717) is 5.69 Å². The number of rotatable bonds is 4. The highest BCUT2D eigenvalue weighted by Gasteiger charge is 2.03. The summed E-state index contributed by atoms with van der Waals surface area (Å²) in [6.07, 6.45) is 1.84. The quantitative estimate of drug-likeness (QED) is 0.822. The Morgan fingerprint density at radius 3 is 2.69 bits per heavy atom. The van der Waals surface area contributed by atoms with Crippen molar-refractivity contribution in [2.45, 2.75) is 20.0 Å². The molecule has 4 heteroatoms. The monoisotopic (exact) mass is 216 g/mol. The zero-order valence-electron chi connectivity index (χ0n) is 9.35. The summed E-state index contributed by atoms with van der Waals surface area (Å²) in [5, 5.41) is 7.55. The Kier molecular flexibility index (Phi) is 3.10. The van der Waals surface area contributed by atoms with Gasteiger partial charge < -0.3 is 11.1 Å². The molecule has 0 saturated heterocycles. The number of nitrogen functional groups attached to an aromatic ring is 1. The van der Waals surface area contributed by atoms with E-state index in [9.17, 15) is 0 Å². The van der Waals surface area contributed by atoms with Crippen molar-refractivity contribution in [3.8, 4) is 0 Å². The second-order valence-electron chi connectivity index (χ2n) is 3.63. The van der Waals surface area contributed by atoms with Crippen LogP contribution < -0.4 is 11.1 Å². The largest absolute Gasteiger partial charge is 0.394 e. The SMILES string of the molecule is CCn1cc(N)c(NCc2ccccc2)n1. The second kappa shape index (κ2) is 4.70. The van der Waals surface area contributed by atoms with E-state index in [1.165, 1.54) is 5.56 Å². The van der Waals surface area contributed by atoms with Crippen LogP contribution in [0.3, 0.4) is 0 Å². The third-order valence-corrected chi connectivity index (χ3v) is 2.42. The molecular weight excluding hydrogens is 200 g/mol. The predicted molar refractivity (Wildman–Crippen MR) is 66.1 cm³/mol. The second-order valence-corrected chi connectivity index (χ2v) is 3.63. The maximum atomic E-state index is 5.84. The maximum Gasteiger partial charge on any atom is 0.171 e. The molecule has 1 aromatic heterocycles. The molecule has 1 aromatic carbocycles. The Balaban J connectivity index is 2.02. The molecule has 0 amide bonds. The summed E-state index contributed by atoms with van der Waals surface area (Å²) < 4.78 is 1.82. The van der Waals surface area contributed by atoms with Crippen molar-refractivity contribution < 1.29 is 0 Å². The Labute approximate surface area is 95.1 Å². The molecule has 0 saturated carbocycles. The summed E-state index contributed by atoms with van der Waals surface area (Å²) in [4.78, 5) is 0. The van der Waals surface area contributed by atoms with Gasteiger partial charge >= 0.3 is 0 Å². The summed E-state index contributed by atoms with van der Waals surface area (Å²) in [5.41, 5.74) is 7.74. The highest BCUT2D eigenvalue weighted by atomic mass is 15.3. The average molecular weight is 216 g/mol. The first-order valence-corrected chi connectivity index (χ1v) is 5.40. The number of hydrogen-bond donors (Lipinski definition) is 2. The van der Waals surface area contributed by atoms with Gasteiger partial charge in [0.25, 0.3) is 0 Å². The predicted octanol–water partition coefficient (Wildman–Crippen LogP) is 2.10. The number of anilines is 2. The third kappa shape index (κ3) is 2.34. The van der Waals surface area contributed by atoms with E-state index < -0.39 is 0 Å². The molecule has 4 nitrogen and oxygen atoms in total. The van der Waals surface area contributed by atoms with Crippen LogP contribution in [0.4, 0.5) is 11.5 Å². The number of hydrogen-bond acceptors (Lipinski definition) is 3. The number of aromatic nitrogens is 2. The fourth-order valence-electron chi connectivity index (χ4n) is 1.52. The molecule has 3 N–H and O–H groups in total. The van der Waals surface area contributed by atoms with Crippen molar-refractivity contribution in [1.82, 2.24) is 9.78 Å². The number of benzene rings is 1. The maximum absolute atomic E-state index is 5.84. The molecule has 0 fully saturated rings. The molecule has 2 aromatic rings. The van der Waals surface area contributed by atoms with Crippen molar-refractivity contribution in [2.24, 2.45) is 0 Å². The molecule has 0 aliphatic heterocycles. The lowest BCUT2D eigenvalue weighted by Gasteiger charge is -2.03. The summed E-state index contributed by atoms with van der Waals surface area (Å²) in [5.74, 6) is 0.755. The van der Waals surface area contributed by atoms with Gasteiger partial charge in [-0.25, -0.2) is 0 Å². The Morgan fingerprint density at radius 1 is 1.31 bits per heavy atom. The lowest BCUT2D eigenvalue weighted by molar-refractivity contribution is 0.661. The van der Waals surface area contributed by atoms with Crippen LogP contribution in [0, 0.1) is 0 Å². The first-order chi connectivity index (χ1) is 7.79. The van der Waals surface area contributed by atoms with Gasteiger partial charge in [-0.3, -0.25) is 4.68 Å². The molecular formula is C12H16N4. The minimum absolute atomic E-state index is 0.692. The van der Waals surface area contributed by atoms with Crippen LogP contribution >= 0.6 is 0 Å². The lowest BCUT2D eigenvalue weighted by Crippen LogP contribution is -2.02. The minimum Gasteiger partial charge on any atom is -0.394 e. The van der Waals surface area contributed by atoms with Gasteiger partial charge in [0.15, 0.2) is 5.82 Å². The van der Waals surface area contributed by atoms with Gasteiger partial charge in [-0.2, -0.15) is 5.10 Å². The van der Waals surface area contributed by atoms with E-state index in [1.54, 1.807) is 0 Å². The number of nitrogens with zero attached hydrogens (tertiary/aromatic N) is 2. The number of nitrogens with one attached hydrogen (secondary N) is 1. The van der Waals surface area contributed by atoms with Crippen LogP contribution in [0.2, 0.25) is 0 Å². The smallest absolute Gasteiger partial charge is 0.171 e. The fourth-order valence-corrected chi connectivity index (χ4v) is 1.52. The standard InChI is InChI=1S/C12H16N4/c1-2-16-9-11(13)12(15-16)14-8-10-6-4-3-5-7-10/h3-7,9H,2,8,13H2,1H3,(H,14,15). The van der Waals surface area contributed by atoms with Gasteiger partial charge in [-0.1, -0.05) is 30.3 Å². The van der Waals surface area contributed by atoms with Crippen LogP contribution in [0.25, 0.3) is 0 Å². The van der Waals surface area contributed by atoms with E-state index in [0.717, 1.165) is 18.9 Å². The molecule has 0 bridgehead atoms. The molecule has 0 radical (unpaired) electrons. The van der Waals surface area contributed by atoms with Gasteiger partial charge in [0, 0.05) is 13.1 Å². The average Bonchev–Trinajstić information content (AvgIpc) is 2.69. The van der Waals surface area contributed by atoms with E-state index in [2.05, 4.69) is 22.5 Å². The highest BCUT2D eigenvalue weighted by Crippen LogP contribution is 2.15. The number of aryl methyl sites for hydroxylation is 1. The Bertz CT molecular complexity index is 447. The molecule has 2 rings (SSSR count). The van der Waals surface area contributed by atoms with Crippen molar-refractivity contribution in [3.63, 3.8) is 0 Å². The van der Waals surface area contributed by atoms with Gasteiger partial charge in [-0.05, 0) is 12.5 Å². The minimum atomic E-state index is 0.692. The number of nitrogens with two attached hydrogens (primary N) is 1. The van der Waals surface area contributed by atoms with Gasteiger partial charge in [0.05, 0.1) is 11.9 Å². The Hall–Kier alpha value is -1.97. The topological polar surface area (TPSA) is 55.9 Å². The van der Waals surface area contributed by atoms with Crippen LogP contribution in [-0.2, 0) is 13.1 Å². The van der Waals surface area contributed by atoms with E-state index in [-0.39, 0.29) is 0 Å². The molecule has 0 aliphatic carbocycles. The van der Waals surface area contributed by atoms with Gasteiger partial charge in [-0.15, -0.1) is 0 Å². The highest BCUT2D eigenvalue weighted by molar-refractivity contribution is 5.59. The van der Waals surface area contributed by atoms with Crippen LogP contribution in [0.15, 0.2) is 36.5 Å². The fraction of sp³-hybridized carbons (Fsp3) is 0.250. The summed E-state index contributed by atoms with van der Waals surface area (Å²) in [6, 6.07) is 10.2. The molecule has 0 unspecified atom stereocenters. The molecule has 1 heterocycles. The first kappa shape index (κ1) is 10.5. The third-order valence-electron chi connectivity index (χ3n) is 2.42. The van der Waals surface area contributed by atoms with Crippen LogP contribution in [-0.4, -0.2) is 9.78 Å². The normalized spacial score (nSPS) is 10.3. The van der Waals surface area contributed by atoms with E-state index in [4.69, 9.17) is 5.73 Å². The van der Waals surface area contributed by atoms with Crippen molar-refractivity contribution in [2.75, 3.05) is 11.1 Å². The van der Waals surface area contributed by atoms with Gasteiger partial charge in [0.1, 0.15) is 0 Å². The zero-order valence-corrected chi connectivity index (χ0v) is 9.35. The summed E-state index contributed by atoms with van der Waals surface area (Å²) in [6.45, 7) is 3.61. The molecule has 0 spiro atoms. The summed E-state index contributed by atoms with van der Waals surface area (Å²) in [7, 11) is 0. The van der Waals surface area contributed by atoms with E-state index in [1.807, 2.05) is 36.0 Å².